The highest BCUT2D eigenvalue weighted by atomic mass is 35.5. The van der Waals surface area contributed by atoms with Crippen LogP contribution in [0.25, 0.3) is 0 Å². The molecule has 2 aliphatic heterocycles. The molecule has 2 aromatic heterocycles. The molecule has 0 aliphatic carbocycles. The lowest BCUT2D eigenvalue weighted by atomic mass is 9.90. The molecule has 0 spiro atoms. The second-order valence-electron chi connectivity index (χ2n) is 6.86. The summed E-state index contributed by atoms with van der Waals surface area (Å²) in [5, 5.41) is 0.691. The predicted molar refractivity (Wildman–Crippen MR) is 108 cm³/mol. The van der Waals surface area contributed by atoms with Crippen molar-refractivity contribution in [3.05, 3.63) is 93.5 Å². The Balaban J connectivity index is 1.77. The molecule has 1 saturated heterocycles. The molecule has 2 aliphatic rings. The molecular formula is C21H14Cl2N4O2. The summed E-state index contributed by atoms with van der Waals surface area (Å²) in [6.07, 6.45) is 4.76. The van der Waals surface area contributed by atoms with Gasteiger partial charge in [0.1, 0.15) is 5.15 Å². The maximum atomic E-state index is 13.6. The van der Waals surface area contributed by atoms with Gasteiger partial charge in [0, 0.05) is 47.8 Å². The van der Waals surface area contributed by atoms with Crippen LogP contribution in [0.1, 0.15) is 31.8 Å². The van der Waals surface area contributed by atoms with E-state index in [9.17, 15) is 9.59 Å². The first-order valence-corrected chi connectivity index (χ1v) is 9.75. The molecule has 0 N–H and O–H groups in total. The molecule has 2 amide bonds. The van der Waals surface area contributed by atoms with Crippen LogP contribution in [0.3, 0.4) is 0 Å². The number of halogens is 2. The van der Waals surface area contributed by atoms with E-state index in [1.165, 1.54) is 6.20 Å². The lowest BCUT2D eigenvalue weighted by molar-refractivity contribution is 0.0374. The van der Waals surface area contributed by atoms with Crippen LogP contribution in [0.2, 0.25) is 10.2 Å². The molecule has 3 aromatic rings. The van der Waals surface area contributed by atoms with E-state index >= 15 is 0 Å². The number of benzene rings is 1. The zero-order valence-electron chi connectivity index (χ0n) is 15.0. The smallest absolute Gasteiger partial charge is 0.259 e. The van der Waals surface area contributed by atoms with Crippen molar-refractivity contribution in [2.75, 3.05) is 13.1 Å². The summed E-state index contributed by atoms with van der Waals surface area (Å²) in [5.41, 5.74) is 1.13. The highest BCUT2D eigenvalue weighted by molar-refractivity contribution is 6.32. The number of carbonyl (C=O) groups is 2. The van der Waals surface area contributed by atoms with Crippen molar-refractivity contribution in [3.8, 4) is 0 Å². The Morgan fingerprint density at radius 1 is 1.03 bits per heavy atom. The van der Waals surface area contributed by atoms with Crippen molar-refractivity contribution in [1.82, 2.24) is 19.8 Å². The van der Waals surface area contributed by atoms with Gasteiger partial charge in [-0.3, -0.25) is 14.6 Å². The number of hydrogen-bond donors (Lipinski definition) is 0. The second kappa shape index (κ2) is 6.54. The first-order chi connectivity index (χ1) is 14.0. The number of pyridine rings is 2. The number of amides is 2. The zero-order chi connectivity index (χ0) is 20.2. The van der Waals surface area contributed by atoms with E-state index < -0.39 is 5.66 Å². The molecular weight excluding hydrogens is 411 g/mol. The quantitative estimate of drug-likeness (QED) is 0.589. The molecule has 0 saturated carbocycles. The van der Waals surface area contributed by atoms with Crippen LogP contribution in [0.15, 0.2) is 61.1 Å². The van der Waals surface area contributed by atoms with Crippen LogP contribution in [-0.2, 0) is 5.66 Å². The topological polar surface area (TPSA) is 66.4 Å². The van der Waals surface area contributed by atoms with E-state index in [-0.39, 0.29) is 22.5 Å². The van der Waals surface area contributed by atoms with E-state index in [2.05, 4.69) is 9.97 Å². The van der Waals surface area contributed by atoms with Gasteiger partial charge in [-0.15, -0.1) is 0 Å². The third kappa shape index (κ3) is 2.42. The van der Waals surface area contributed by atoms with Gasteiger partial charge in [-0.1, -0.05) is 35.3 Å². The number of aromatic nitrogens is 2. The monoisotopic (exact) mass is 424 g/mol. The van der Waals surface area contributed by atoms with E-state index in [1.54, 1.807) is 52.5 Å². The second-order valence-corrected chi connectivity index (χ2v) is 7.65. The highest BCUT2D eigenvalue weighted by Gasteiger charge is 2.60. The molecule has 29 heavy (non-hydrogen) atoms. The van der Waals surface area contributed by atoms with Gasteiger partial charge in [-0.2, -0.15) is 0 Å². The van der Waals surface area contributed by atoms with Crippen LogP contribution >= 0.6 is 23.2 Å². The SMILES string of the molecule is O=C1c2ccncc2C2(c3ccc(Cl)cc3)N1CCN2C(=O)c1cccnc1Cl. The largest absolute Gasteiger partial charge is 0.306 e. The van der Waals surface area contributed by atoms with Crippen LogP contribution in [0.4, 0.5) is 0 Å². The van der Waals surface area contributed by atoms with E-state index in [4.69, 9.17) is 23.2 Å². The maximum Gasteiger partial charge on any atom is 0.259 e. The Labute approximate surface area is 176 Å². The Hall–Kier alpha value is -2.96. The van der Waals surface area contributed by atoms with E-state index in [0.717, 1.165) is 5.56 Å². The minimum atomic E-state index is -1.11. The summed E-state index contributed by atoms with van der Waals surface area (Å²) in [4.78, 5) is 38.4. The number of rotatable bonds is 2. The molecule has 144 valence electrons. The van der Waals surface area contributed by atoms with Crippen LogP contribution < -0.4 is 0 Å². The van der Waals surface area contributed by atoms with E-state index in [1.807, 2.05) is 12.1 Å². The summed E-state index contributed by atoms with van der Waals surface area (Å²) >= 11 is 12.3. The van der Waals surface area contributed by atoms with Crippen molar-refractivity contribution < 1.29 is 9.59 Å². The van der Waals surface area contributed by atoms with Gasteiger partial charge >= 0.3 is 0 Å². The average Bonchev–Trinajstić information content (AvgIpc) is 3.24. The molecule has 0 radical (unpaired) electrons. The van der Waals surface area contributed by atoms with Gasteiger partial charge in [0.15, 0.2) is 5.66 Å². The molecule has 4 heterocycles. The molecule has 1 fully saturated rings. The Bertz CT molecular complexity index is 1150. The van der Waals surface area contributed by atoms with Gasteiger partial charge in [-0.05, 0) is 30.3 Å². The van der Waals surface area contributed by atoms with Crippen LogP contribution in [0.5, 0.6) is 0 Å². The maximum absolute atomic E-state index is 13.6. The van der Waals surface area contributed by atoms with Crippen molar-refractivity contribution in [3.63, 3.8) is 0 Å². The standard InChI is InChI=1S/C21H14Cl2N4O2/c22-14-5-3-13(4-6-14)21-17-12-24-9-7-15(17)19(28)26(21)10-11-27(21)20(29)16-2-1-8-25-18(16)23/h1-9,12H,10-11H2. The fraction of sp³-hybridized carbons (Fsp3) is 0.143. The van der Waals surface area contributed by atoms with Gasteiger partial charge in [0.2, 0.25) is 0 Å². The van der Waals surface area contributed by atoms with Gasteiger partial charge < -0.3 is 9.80 Å². The summed E-state index contributed by atoms with van der Waals surface area (Å²) in [7, 11) is 0. The third-order valence-corrected chi connectivity index (χ3v) is 6.04. The van der Waals surface area contributed by atoms with Gasteiger partial charge in [0.25, 0.3) is 11.8 Å². The normalized spacial score (nSPS) is 20.0. The number of nitrogens with zero attached hydrogens (tertiary/aromatic N) is 4. The zero-order valence-corrected chi connectivity index (χ0v) is 16.6. The number of carbonyl (C=O) groups excluding carboxylic acids is 2. The Morgan fingerprint density at radius 3 is 2.59 bits per heavy atom. The summed E-state index contributed by atoms with van der Waals surface area (Å²) < 4.78 is 0. The third-order valence-electron chi connectivity index (χ3n) is 5.48. The van der Waals surface area contributed by atoms with Crippen molar-refractivity contribution >= 4 is 35.0 Å². The fourth-order valence-electron chi connectivity index (χ4n) is 4.30. The minimum Gasteiger partial charge on any atom is -0.306 e. The van der Waals surface area contributed by atoms with Crippen molar-refractivity contribution in [2.24, 2.45) is 0 Å². The summed E-state index contributed by atoms with van der Waals surface area (Å²) in [5.74, 6) is -0.435. The number of hydrogen-bond acceptors (Lipinski definition) is 4. The summed E-state index contributed by atoms with van der Waals surface area (Å²) in [6.45, 7) is 0.743. The highest BCUT2D eigenvalue weighted by Crippen LogP contribution is 2.50. The Morgan fingerprint density at radius 2 is 1.83 bits per heavy atom. The summed E-state index contributed by atoms with van der Waals surface area (Å²) in [6, 6.07) is 12.2. The molecule has 8 heteroatoms. The average molecular weight is 425 g/mol. The van der Waals surface area contributed by atoms with Crippen LogP contribution in [-0.4, -0.2) is 44.7 Å². The molecule has 5 rings (SSSR count). The Kier molecular flexibility index (Phi) is 4.08. The number of fused-ring (bicyclic) bond motifs is 3. The van der Waals surface area contributed by atoms with Gasteiger partial charge in [0.05, 0.1) is 11.1 Å². The first kappa shape index (κ1) is 18.1. The molecule has 1 aromatic carbocycles. The van der Waals surface area contributed by atoms with Crippen molar-refractivity contribution in [2.45, 2.75) is 5.66 Å². The van der Waals surface area contributed by atoms with Crippen molar-refractivity contribution in [1.29, 1.82) is 0 Å². The lowest BCUT2D eigenvalue weighted by Crippen LogP contribution is -2.51. The molecule has 0 bridgehead atoms. The molecule has 1 unspecified atom stereocenters. The van der Waals surface area contributed by atoms with Crippen LogP contribution in [0, 0.1) is 0 Å². The molecule has 1 atom stereocenters. The predicted octanol–water partition coefficient (Wildman–Crippen LogP) is 3.60. The first-order valence-electron chi connectivity index (χ1n) is 9.00. The van der Waals surface area contributed by atoms with E-state index in [0.29, 0.717) is 29.2 Å². The lowest BCUT2D eigenvalue weighted by Gasteiger charge is -2.40. The fourth-order valence-corrected chi connectivity index (χ4v) is 4.63. The molecule has 6 nitrogen and oxygen atoms in total. The van der Waals surface area contributed by atoms with Gasteiger partial charge in [-0.25, -0.2) is 4.98 Å². The minimum absolute atomic E-state index is 0.123.